The van der Waals surface area contributed by atoms with Gasteiger partial charge in [0.1, 0.15) is 6.29 Å². The molecule has 0 aliphatic heterocycles. The lowest BCUT2D eigenvalue weighted by molar-refractivity contribution is -0.145. The highest BCUT2D eigenvalue weighted by atomic mass is 32.2. The standard InChI is InChI=1S/C20H19NO5S/c1-14(23)19(20(24)26-2)21-27(25)18-11-9-16(10-12-18)4-3-15-5-7-17(13-22)8-6-15/h5-14,19,21,23H,1-2H3/t14-,19?,27?/m1/s1. The van der Waals surface area contributed by atoms with E-state index < -0.39 is 29.5 Å². The molecular weight excluding hydrogens is 366 g/mol. The summed E-state index contributed by atoms with van der Waals surface area (Å²) in [6.45, 7) is 1.41. The number of ether oxygens (including phenoxy) is 1. The maximum atomic E-state index is 12.3. The summed E-state index contributed by atoms with van der Waals surface area (Å²) < 4.78 is 19.5. The van der Waals surface area contributed by atoms with Crippen LogP contribution < -0.4 is 4.72 Å². The number of methoxy groups -OCH3 is 1. The van der Waals surface area contributed by atoms with E-state index in [9.17, 15) is 19.2 Å². The molecule has 2 aromatic carbocycles. The van der Waals surface area contributed by atoms with Gasteiger partial charge in [-0.2, -0.15) is 0 Å². The fraction of sp³-hybridized carbons (Fsp3) is 0.200. The molecule has 2 rings (SSSR count). The van der Waals surface area contributed by atoms with Gasteiger partial charge in [-0.15, -0.1) is 4.72 Å². The summed E-state index contributed by atoms with van der Waals surface area (Å²) in [5.74, 6) is 5.26. The molecule has 0 fully saturated rings. The highest BCUT2D eigenvalue weighted by Crippen LogP contribution is 2.12. The summed E-state index contributed by atoms with van der Waals surface area (Å²) in [5, 5.41) is 9.63. The Kier molecular flexibility index (Phi) is 7.58. The van der Waals surface area contributed by atoms with E-state index in [1.807, 2.05) is 0 Å². The molecule has 0 saturated carbocycles. The van der Waals surface area contributed by atoms with Crippen molar-refractivity contribution in [1.82, 2.24) is 4.72 Å². The lowest BCUT2D eigenvalue weighted by Crippen LogP contribution is -2.48. The fourth-order valence-corrected chi connectivity index (χ4v) is 3.15. The number of carbonyl (C=O) groups excluding carboxylic acids is 2. The van der Waals surface area contributed by atoms with E-state index in [-0.39, 0.29) is 0 Å². The highest BCUT2D eigenvalue weighted by molar-refractivity contribution is 7.89. The minimum atomic E-state index is -1.70. The van der Waals surface area contributed by atoms with Crippen molar-refractivity contribution in [2.45, 2.75) is 24.0 Å². The highest BCUT2D eigenvalue weighted by Gasteiger charge is 2.30. The summed E-state index contributed by atoms with van der Waals surface area (Å²) in [4.78, 5) is 22.7. The van der Waals surface area contributed by atoms with E-state index in [0.717, 1.165) is 17.4 Å². The van der Waals surface area contributed by atoms with Gasteiger partial charge in [-0.3, -0.25) is 9.59 Å². The molecule has 2 N–H and O–H groups in total. The molecule has 0 aliphatic carbocycles. The first kappa shape index (κ1) is 20.7. The van der Waals surface area contributed by atoms with Gasteiger partial charge in [0.2, 0.25) is 0 Å². The molecule has 2 unspecified atom stereocenters. The molecule has 0 radical (unpaired) electrons. The Morgan fingerprint density at radius 1 is 1.15 bits per heavy atom. The third kappa shape index (κ3) is 5.94. The molecule has 0 bridgehead atoms. The van der Waals surface area contributed by atoms with Crippen LogP contribution in [0.15, 0.2) is 53.4 Å². The minimum absolute atomic E-state index is 0.436. The zero-order valence-corrected chi connectivity index (χ0v) is 15.7. The van der Waals surface area contributed by atoms with Crippen LogP contribution in [-0.4, -0.2) is 41.2 Å². The van der Waals surface area contributed by atoms with Crippen LogP contribution in [0.2, 0.25) is 0 Å². The Balaban J connectivity index is 2.06. The van der Waals surface area contributed by atoms with Crippen molar-refractivity contribution in [3.05, 3.63) is 65.2 Å². The quantitative estimate of drug-likeness (QED) is 0.338. The van der Waals surface area contributed by atoms with E-state index in [2.05, 4.69) is 21.3 Å². The normalized spacial score (nSPS) is 13.6. The SMILES string of the molecule is COC(=O)C(N[S+]([O-])c1ccc(C#Cc2ccc(C=O)cc2)cc1)[C@@H](C)O. The largest absolute Gasteiger partial charge is 0.593 e. The second kappa shape index (κ2) is 9.90. The van der Waals surface area contributed by atoms with Gasteiger partial charge in [-0.05, 0) is 43.3 Å². The van der Waals surface area contributed by atoms with Crippen LogP contribution in [0.1, 0.15) is 28.4 Å². The number of hydrogen-bond donors (Lipinski definition) is 2. The predicted molar refractivity (Wildman–Crippen MR) is 101 cm³/mol. The Morgan fingerprint density at radius 2 is 1.67 bits per heavy atom. The second-order valence-corrected chi connectivity index (χ2v) is 6.89. The van der Waals surface area contributed by atoms with Gasteiger partial charge in [-0.1, -0.05) is 24.0 Å². The molecule has 3 atom stereocenters. The molecule has 2 aromatic rings. The number of aldehydes is 1. The smallest absolute Gasteiger partial charge is 0.330 e. The topological polar surface area (TPSA) is 98.7 Å². The third-order valence-corrected chi connectivity index (χ3v) is 4.81. The van der Waals surface area contributed by atoms with Crippen LogP contribution in [0.25, 0.3) is 0 Å². The summed E-state index contributed by atoms with van der Waals surface area (Å²) in [5.41, 5.74) is 2.07. The molecule has 0 aliphatic rings. The van der Waals surface area contributed by atoms with Crippen LogP contribution in [0, 0.1) is 11.8 Å². The molecule has 27 heavy (non-hydrogen) atoms. The predicted octanol–water partition coefficient (Wildman–Crippen LogP) is 1.43. The summed E-state index contributed by atoms with van der Waals surface area (Å²) in [6, 6.07) is 12.5. The molecule has 0 saturated heterocycles. The molecule has 0 heterocycles. The zero-order valence-electron chi connectivity index (χ0n) is 14.8. The molecule has 6 nitrogen and oxygen atoms in total. The summed E-state index contributed by atoms with van der Waals surface area (Å²) >= 11 is -1.70. The first-order chi connectivity index (χ1) is 12.9. The average Bonchev–Trinajstić information content (AvgIpc) is 2.70. The van der Waals surface area contributed by atoms with Gasteiger partial charge in [0.15, 0.2) is 10.9 Å². The van der Waals surface area contributed by atoms with E-state index in [1.54, 1.807) is 48.5 Å². The molecular formula is C20H19NO5S. The Hall–Kier alpha value is -2.63. The van der Waals surface area contributed by atoms with Crippen molar-refractivity contribution < 1.29 is 24.0 Å². The van der Waals surface area contributed by atoms with Crippen molar-refractivity contribution in [2.75, 3.05) is 7.11 Å². The van der Waals surface area contributed by atoms with Gasteiger partial charge >= 0.3 is 5.97 Å². The second-order valence-electron chi connectivity index (χ2n) is 5.64. The lowest BCUT2D eigenvalue weighted by atomic mass is 10.1. The summed E-state index contributed by atoms with van der Waals surface area (Å²) in [7, 11) is 1.20. The van der Waals surface area contributed by atoms with Gasteiger partial charge in [0, 0.05) is 16.7 Å². The Morgan fingerprint density at radius 3 is 2.11 bits per heavy atom. The van der Waals surface area contributed by atoms with E-state index in [1.165, 1.54) is 14.0 Å². The van der Waals surface area contributed by atoms with Crippen molar-refractivity contribution in [1.29, 1.82) is 0 Å². The van der Waals surface area contributed by atoms with Crippen molar-refractivity contribution in [2.24, 2.45) is 0 Å². The van der Waals surface area contributed by atoms with E-state index in [0.29, 0.717) is 10.5 Å². The average molecular weight is 385 g/mol. The molecule has 0 aromatic heterocycles. The first-order valence-corrected chi connectivity index (χ1v) is 9.20. The Bertz CT molecular complexity index is 837. The van der Waals surface area contributed by atoms with Crippen LogP contribution in [0.5, 0.6) is 0 Å². The minimum Gasteiger partial charge on any atom is -0.593 e. The first-order valence-electron chi connectivity index (χ1n) is 8.05. The molecule has 7 heteroatoms. The number of nitrogens with one attached hydrogen (secondary N) is 1. The number of benzene rings is 2. The maximum Gasteiger partial charge on any atom is 0.330 e. The fourth-order valence-electron chi connectivity index (χ4n) is 2.11. The number of esters is 1. The summed E-state index contributed by atoms with van der Waals surface area (Å²) in [6.07, 6.45) is -0.288. The van der Waals surface area contributed by atoms with E-state index >= 15 is 0 Å². The van der Waals surface area contributed by atoms with Gasteiger partial charge in [-0.25, -0.2) is 0 Å². The van der Waals surface area contributed by atoms with Gasteiger partial charge in [0.25, 0.3) is 0 Å². The number of rotatable bonds is 6. The van der Waals surface area contributed by atoms with Gasteiger partial charge in [0.05, 0.1) is 24.6 Å². The van der Waals surface area contributed by atoms with E-state index in [4.69, 9.17) is 0 Å². The molecule has 0 spiro atoms. The zero-order chi connectivity index (χ0) is 19.8. The number of carbonyl (C=O) groups is 2. The van der Waals surface area contributed by atoms with Crippen LogP contribution in [0.3, 0.4) is 0 Å². The number of aliphatic hydroxyl groups excluding tert-OH is 1. The lowest BCUT2D eigenvalue weighted by Gasteiger charge is -2.20. The third-order valence-electron chi connectivity index (χ3n) is 3.64. The van der Waals surface area contributed by atoms with Crippen molar-refractivity contribution in [3.63, 3.8) is 0 Å². The van der Waals surface area contributed by atoms with Crippen LogP contribution >= 0.6 is 0 Å². The van der Waals surface area contributed by atoms with Gasteiger partial charge < -0.3 is 14.4 Å². The van der Waals surface area contributed by atoms with Crippen molar-refractivity contribution >= 4 is 23.6 Å². The molecule has 140 valence electrons. The van der Waals surface area contributed by atoms with Crippen molar-refractivity contribution in [3.8, 4) is 11.8 Å². The number of hydrogen-bond acceptors (Lipinski definition) is 6. The Labute approximate surface area is 160 Å². The van der Waals surface area contributed by atoms with Crippen LogP contribution in [0.4, 0.5) is 0 Å². The maximum absolute atomic E-state index is 12.3. The monoisotopic (exact) mass is 385 g/mol. The van der Waals surface area contributed by atoms with Crippen LogP contribution in [-0.2, 0) is 20.9 Å². The number of aliphatic hydroxyl groups is 1. The molecule has 0 amide bonds.